The first-order valence-corrected chi connectivity index (χ1v) is 10.2. The van der Waals surface area contributed by atoms with E-state index >= 15 is 0 Å². The van der Waals surface area contributed by atoms with Crippen LogP contribution < -0.4 is 4.74 Å². The number of benzene rings is 1. The lowest BCUT2D eigenvalue weighted by Gasteiger charge is -2.17. The van der Waals surface area contributed by atoms with Gasteiger partial charge in [0.1, 0.15) is 5.75 Å². The third-order valence-electron chi connectivity index (χ3n) is 4.29. The number of amides is 1. The number of pyridine rings is 1. The normalized spacial score (nSPS) is 11.0. The van der Waals surface area contributed by atoms with E-state index in [1.807, 2.05) is 23.6 Å². The molecule has 10 heteroatoms. The van der Waals surface area contributed by atoms with Crippen LogP contribution in [0.15, 0.2) is 53.9 Å². The lowest BCUT2D eigenvalue weighted by molar-refractivity contribution is -0.127. The van der Waals surface area contributed by atoms with Crippen LogP contribution in [0.1, 0.15) is 12.5 Å². The Bertz CT molecular complexity index is 967. The van der Waals surface area contributed by atoms with Gasteiger partial charge in [0, 0.05) is 38.1 Å². The molecular formula is C20H21F2N5O2S. The number of ether oxygens (including phenoxy) is 1. The van der Waals surface area contributed by atoms with Crippen molar-refractivity contribution < 1.29 is 18.3 Å². The van der Waals surface area contributed by atoms with Crippen molar-refractivity contribution in [2.75, 3.05) is 12.8 Å². The van der Waals surface area contributed by atoms with Gasteiger partial charge in [0.05, 0.1) is 5.75 Å². The number of nitrogens with zero attached hydrogens (tertiary/aromatic N) is 5. The fraction of sp³-hybridized carbons (Fsp3) is 0.300. The number of halogens is 2. The number of hydrogen-bond donors (Lipinski definition) is 0. The average molecular weight is 433 g/mol. The van der Waals surface area contributed by atoms with Gasteiger partial charge in [-0.2, -0.15) is 8.78 Å². The molecule has 0 spiro atoms. The standard InChI is InChI=1S/C20H21F2N5O2S/c1-3-27-18(15-8-10-23-11-9-15)24-25-20(27)30-13-17(28)26(2)12-14-4-6-16(7-5-14)29-19(21)22/h4-11,19H,3,12-13H2,1-2H3. The number of hydrogen-bond acceptors (Lipinski definition) is 6. The minimum absolute atomic E-state index is 0.0796. The quantitative estimate of drug-likeness (QED) is 0.479. The van der Waals surface area contributed by atoms with Crippen molar-refractivity contribution in [3.05, 3.63) is 54.4 Å². The SMILES string of the molecule is CCn1c(SCC(=O)N(C)Cc2ccc(OC(F)F)cc2)nnc1-c1ccncc1. The van der Waals surface area contributed by atoms with Crippen LogP contribution >= 0.6 is 11.8 Å². The van der Waals surface area contributed by atoms with Gasteiger partial charge in [-0.1, -0.05) is 23.9 Å². The van der Waals surface area contributed by atoms with Gasteiger partial charge >= 0.3 is 6.61 Å². The number of carbonyl (C=O) groups is 1. The average Bonchev–Trinajstić information content (AvgIpc) is 3.16. The summed E-state index contributed by atoms with van der Waals surface area (Å²) < 4.78 is 30.7. The molecule has 30 heavy (non-hydrogen) atoms. The fourth-order valence-corrected chi connectivity index (χ4v) is 3.71. The molecule has 0 aliphatic rings. The molecule has 0 aliphatic heterocycles. The molecule has 0 N–H and O–H groups in total. The molecule has 0 fully saturated rings. The Labute approximate surface area is 177 Å². The summed E-state index contributed by atoms with van der Waals surface area (Å²) in [6, 6.07) is 9.95. The maximum Gasteiger partial charge on any atom is 0.387 e. The maximum absolute atomic E-state index is 12.5. The first kappa shape index (κ1) is 21.7. The molecule has 0 saturated carbocycles. The van der Waals surface area contributed by atoms with E-state index in [4.69, 9.17) is 0 Å². The number of aromatic nitrogens is 4. The van der Waals surface area contributed by atoms with Crippen LogP contribution in [0.3, 0.4) is 0 Å². The molecule has 2 aromatic heterocycles. The van der Waals surface area contributed by atoms with Gasteiger partial charge in [0.15, 0.2) is 11.0 Å². The van der Waals surface area contributed by atoms with E-state index in [2.05, 4.69) is 19.9 Å². The Balaban J connectivity index is 1.58. The lowest BCUT2D eigenvalue weighted by Crippen LogP contribution is -2.27. The molecular weight excluding hydrogens is 412 g/mol. The van der Waals surface area contributed by atoms with E-state index in [1.165, 1.54) is 23.9 Å². The summed E-state index contributed by atoms with van der Waals surface area (Å²) in [5, 5.41) is 9.14. The molecule has 3 rings (SSSR count). The van der Waals surface area contributed by atoms with Gasteiger partial charge in [-0.3, -0.25) is 9.78 Å². The highest BCUT2D eigenvalue weighted by Gasteiger charge is 2.16. The van der Waals surface area contributed by atoms with Gasteiger partial charge in [-0.25, -0.2) is 0 Å². The van der Waals surface area contributed by atoms with Gasteiger partial charge in [-0.05, 0) is 36.8 Å². The van der Waals surface area contributed by atoms with Crippen LogP contribution in [0.5, 0.6) is 5.75 Å². The van der Waals surface area contributed by atoms with Crippen molar-refractivity contribution in [2.24, 2.45) is 0 Å². The Kier molecular flexibility index (Phi) is 7.34. The Morgan fingerprint density at radius 3 is 2.50 bits per heavy atom. The monoisotopic (exact) mass is 433 g/mol. The highest BCUT2D eigenvalue weighted by Crippen LogP contribution is 2.24. The van der Waals surface area contributed by atoms with Crippen LogP contribution in [-0.4, -0.2) is 50.0 Å². The summed E-state index contributed by atoms with van der Waals surface area (Å²) in [4.78, 5) is 18.1. The van der Waals surface area contributed by atoms with Crippen molar-refractivity contribution >= 4 is 17.7 Å². The summed E-state index contributed by atoms with van der Waals surface area (Å²) in [5.74, 6) is 0.943. The molecule has 2 heterocycles. The predicted molar refractivity (Wildman–Crippen MR) is 109 cm³/mol. The lowest BCUT2D eigenvalue weighted by atomic mass is 10.2. The summed E-state index contributed by atoms with van der Waals surface area (Å²) in [6.45, 7) is 0.163. The van der Waals surface area contributed by atoms with Crippen molar-refractivity contribution in [1.82, 2.24) is 24.6 Å². The highest BCUT2D eigenvalue weighted by atomic mass is 32.2. The molecule has 0 atom stereocenters. The molecule has 1 aromatic carbocycles. The van der Waals surface area contributed by atoms with E-state index in [1.54, 1.807) is 36.5 Å². The van der Waals surface area contributed by atoms with E-state index in [0.717, 1.165) is 17.0 Å². The number of carbonyl (C=O) groups excluding carboxylic acids is 1. The molecule has 0 radical (unpaired) electrons. The molecule has 0 aliphatic carbocycles. The molecule has 158 valence electrons. The van der Waals surface area contributed by atoms with Gasteiger partial charge < -0.3 is 14.2 Å². The van der Waals surface area contributed by atoms with Crippen LogP contribution in [0, 0.1) is 0 Å². The fourth-order valence-electron chi connectivity index (χ4n) is 2.77. The first-order chi connectivity index (χ1) is 14.5. The van der Waals surface area contributed by atoms with E-state index < -0.39 is 6.61 Å². The third-order valence-corrected chi connectivity index (χ3v) is 5.24. The number of alkyl halides is 2. The van der Waals surface area contributed by atoms with E-state index in [9.17, 15) is 13.6 Å². The second-order valence-electron chi connectivity index (χ2n) is 6.35. The highest BCUT2D eigenvalue weighted by molar-refractivity contribution is 7.99. The Morgan fingerprint density at radius 2 is 1.87 bits per heavy atom. The van der Waals surface area contributed by atoms with Crippen LogP contribution in [-0.2, 0) is 17.9 Å². The van der Waals surface area contributed by atoms with Crippen molar-refractivity contribution in [2.45, 2.75) is 31.8 Å². The zero-order chi connectivity index (χ0) is 21.5. The molecule has 1 amide bonds. The minimum Gasteiger partial charge on any atom is -0.435 e. The minimum atomic E-state index is -2.86. The zero-order valence-electron chi connectivity index (χ0n) is 16.5. The zero-order valence-corrected chi connectivity index (χ0v) is 17.4. The van der Waals surface area contributed by atoms with Gasteiger partial charge in [-0.15, -0.1) is 10.2 Å². The van der Waals surface area contributed by atoms with E-state index in [0.29, 0.717) is 18.2 Å². The summed E-state index contributed by atoms with van der Waals surface area (Å²) in [7, 11) is 1.69. The van der Waals surface area contributed by atoms with Crippen LogP contribution in [0.4, 0.5) is 8.78 Å². The molecule has 0 bridgehead atoms. The van der Waals surface area contributed by atoms with Crippen LogP contribution in [0.2, 0.25) is 0 Å². The molecule has 7 nitrogen and oxygen atoms in total. The summed E-state index contributed by atoms with van der Waals surface area (Å²) in [5.41, 5.74) is 1.73. The summed E-state index contributed by atoms with van der Waals surface area (Å²) >= 11 is 1.32. The summed E-state index contributed by atoms with van der Waals surface area (Å²) in [6.07, 6.45) is 3.39. The molecule has 0 saturated heterocycles. The maximum atomic E-state index is 12.5. The number of thioether (sulfide) groups is 1. The second kappa shape index (κ2) is 10.1. The Hall–Kier alpha value is -3.01. The van der Waals surface area contributed by atoms with Crippen molar-refractivity contribution in [1.29, 1.82) is 0 Å². The van der Waals surface area contributed by atoms with Crippen molar-refractivity contribution in [3.63, 3.8) is 0 Å². The smallest absolute Gasteiger partial charge is 0.387 e. The number of rotatable bonds is 9. The van der Waals surface area contributed by atoms with Gasteiger partial charge in [0.25, 0.3) is 0 Å². The molecule has 3 aromatic rings. The Morgan fingerprint density at radius 1 is 1.17 bits per heavy atom. The van der Waals surface area contributed by atoms with E-state index in [-0.39, 0.29) is 17.4 Å². The second-order valence-corrected chi connectivity index (χ2v) is 7.29. The largest absolute Gasteiger partial charge is 0.435 e. The van der Waals surface area contributed by atoms with Gasteiger partial charge in [0.2, 0.25) is 5.91 Å². The topological polar surface area (TPSA) is 73.1 Å². The first-order valence-electron chi connectivity index (χ1n) is 9.22. The van der Waals surface area contributed by atoms with Crippen LogP contribution in [0.25, 0.3) is 11.4 Å². The van der Waals surface area contributed by atoms with Crippen molar-refractivity contribution in [3.8, 4) is 17.1 Å². The predicted octanol–water partition coefficient (Wildman–Crippen LogP) is 3.71. The third kappa shape index (κ3) is 5.53. The molecule has 0 unspecified atom stereocenters.